The van der Waals surface area contributed by atoms with Crippen molar-refractivity contribution in [2.45, 2.75) is 27.7 Å². The average Bonchev–Trinajstić information content (AvgIpc) is 2.36. The minimum Gasteiger partial charge on any atom is -0.378 e. The summed E-state index contributed by atoms with van der Waals surface area (Å²) in [6, 6.07) is 2.15. The Bertz CT molecular complexity index is 320. The molecule has 3 nitrogen and oxygen atoms in total. The number of aryl methyl sites for hydroxylation is 2. The molecular weight excluding hydrogens is 200 g/mol. The number of pyridine rings is 1. The zero-order valence-corrected chi connectivity index (χ0v) is 10.8. The highest BCUT2D eigenvalue weighted by Crippen LogP contribution is 2.20. The maximum absolute atomic E-state index is 5.33. The minimum absolute atomic E-state index is 0.834. The Morgan fingerprint density at radius 2 is 1.81 bits per heavy atom. The first-order valence-electron chi connectivity index (χ1n) is 6.03. The SMILES string of the molecule is CC.Cc1cc(N2CCOCC2)c(C)cn1. The monoisotopic (exact) mass is 222 g/mol. The van der Waals surface area contributed by atoms with Crippen molar-refractivity contribution in [2.75, 3.05) is 31.2 Å². The average molecular weight is 222 g/mol. The van der Waals surface area contributed by atoms with E-state index in [9.17, 15) is 0 Å². The van der Waals surface area contributed by atoms with E-state index >= 15 is 0 Å². The van der Waals surface area contributed by atoms with Crippen LogP contribution in [0.3, 0.4) is 0 Å². The molecule has 1 aliphatic rings. The first kappa shape index (κ1) is 13.0. The summed E-state index contributed by atoms with van der Waals surface area (Å²) in [5.41, 5.74) is 3.63. The number of morpholine rings is 1. The summed E-state index contributed by atoms with van der Waals surface area (Å²) in [4.78, 5) is 6.64. The molecule has 0 spiro atoms. The fourth-order valence-corrected chi connectivity index (χ4v) is 1.76. The maximum Gasteiger partial charge on any atom is 0.0642 e. The zero-order valence-electron chi connectivity index (χ0n) is 10.8. The van der Waals surface area contributed by atoms with Gasteiger partial charge in [0, 0.05) is 30.7 Å². The summed E-state index contributed by atoms with van der Waals surface area (Å²) in [5.74, 6) is 0. The van der Waals surface area contributed by atoms with Crippen molar-refractivity contribution in [1.82, 2.24) is 4.98 Å². The van der Waals surface area contributed by atoms with E-state index in [0.29, 0.717) is 0 Å². The highest BCUT2D eigenvalue weighted by Gasteiger charge is 2.13. The van der Waals surface area contributed by atoms with E-state index in [1.54, 1.807) is 0 Å². The summed E-state index contributed by atoms with van der Waals surface area (Å²) in [7, 11) is 0. The van der Waals surface area contributed by atoms with Crippen molar-refractivity contribution in [3.05, 3.63) is 23.5 Å². The maximum atomic E-state index is 5.33. The van der Waals surface area contributed by atoms with Gasteiger partial charge in [-0.2, -0.15) is 0 Å². The molecule has 1 saturated heterocycles. The lowest BCUT2D eigenvalue weighted by Crippen LogP contribution is -2.36. The van der Waals surface area contributed by atoms with Gasteiger partial charge in [0.25, 0.3) is 0 Å². The second-order valence-electron chi connectivity index (χ2n) is 3.71. The van der Waals surface area contributed by atoms with Gasteiger partial charge in [0.1, 0.15) is 0 Å². The van der Waals surface area contributed by atoms with E-state index in [4.69, 9.17) is 4.74 Å². The predicted molar refractivity (Wildman–Crippen MR) is 68.1 cm³/mol. The Labute approximate surface area is 98.4 Å². The molecule has 2 rings (SSSR count). The zero-order chi connectivity index (χ0) is 12.0. The van der Waals surface area contributed by atoms with Crippen LogP contribution < -0.4 is 4.90 Å². The lowest BCUT2D eigenvalue weighted by molar-refractivity contribution is 0.122. The number of hydrogen-bond donors (Lipinski definition) is 0. The molecule has 0 bridgehead atoms. The largest absolute Gasteiger partial charge is 0.378 e. The third kappa shape index (κ3) is 3.20. The van der Waals surface area contributed by atoms with Gasteiger partial charge in [-0.15, -0.1) is 0 Å². The summed E-state index contributed by atoms with van der Waals surface area (Å²) in [6.07, 6.45) is 1.94. The van der Waals surface area contributed by atoms with Crippen LogP contribution in [0, 0.1) is 13.8 Å². The number of rotatable bonds is 1. The fourth-order valence-electron chi connectivity index (χ4n) is 1.76. The normalized spacial score (nSPS) is 15.4. The molecule has 0 saturated carbocycles. The van der Waals surface area contributed by atoms with Gasteiger partial charge in [-0.05, 0) is 25.5 Å². The standard InChI is InChI=1S/C11H16N2O.C2H6/c1-9-8-12-10(2)7-11(9)13-3-5-14-6-4-13;1-2/h7-8H,3-6H2,1-2H3;1-2H3. The molecule has 1 fully saturated rings. The number of hydrogen-bond acceptors (Lipinski definition) is 3. The van der Waals surface area contributed by atoms with Crippen LogP contribution in [0.4, 0.5) is 5.69 Å². The first-order valence-corrected chi connectivity index (χ1v) is 6.03. The van der Waals surface area contributed by atoms with Gasteiger partial charge in [0.2, 0.25) is 0 Å². The smallest absolute Gasteiger partial charge is 0.0642 e. The van der Waals surface area contributed by atoms with Crippen LogP contribution in [-0.4, -0.2) is 31.3 Å². The Kier molecular flexibility index (Phi) is 5.26. The Balaban J connectivity index is 0.000000606. The van der Waals surface area contributed by atoms with Crippen molar-refractivity contribution in [3.8, 4) is 0 Å². The predicted octanol–water partition coefficient (Wildman–Crippen LogP) is 2.56. The molecule has 0 atom stereocenters. The molecule has 3 heteroatoms. The van der Waals surface area contributed by atoms with E-state index in [1.165, 1.54) is 11.3 Å². The van der Waals surface area contributed by atoms with Gasteiger partial charge in [0.15, 0.2) is 0 Å². The first-order chi connectivity index (χ1) is 7.77. The molecule has 0 amide bonds. The molecule has 0 aliphatic carbocycles. The topological polar surface area (TPSA) is 25.4 Å². The summed E-state index contributed by atoms with van der Waals surface area (Å²) >= 11 is 0. The third-order valence-electron chi connectivity index (χ3n) is 2.56. The van der Waals surface area contributed by atoms with E-state index in [0.717, 1.165) is 32.0 Å². The van der Waals surface area contributed by atoms with Crippen LogP contribution in [-0.2, 0) is 4.74 Å². The fraction of sp³-hybridized carbons (Fsp3) is 0.615. The molecule has 2 heterocycles. The quantitative estimate of drug-likeness (QED) is 0.730. The lowest BCUT2D eigenvalue weighted by Gasteiger charge is -2.30. The van der Waals surface area contributed by atoms with E-state index < -0.39 is 0 Å². The Morgan fingerprint density at radius 1 is 1.19 bits per heavy atom. The van der Waals surface area contributed by atoms with Crippen LogP contribution in [0.25, 0.3) is 0 Å². The number of anilines is 1. The summed E-state index contributed by atoms with van der Waals surface area (Å²) in [6.45, 7) is 11.8. The molecule has 0 N–H and O–H groups in total. The van der Waals surface area contributed by atoms with Crippen LogP contribution >= 0.6 is 0 Å². The molecule has 0 unspecified atom stereocenters. The van der Waals surface area contributed by atoms with Crippen LogP contribution in [0.15, 0.2) is 12.3 Å². The van der Waals surface area contributed by atoms with Crippen molar-refractivity contribution in [2.24, 2.45) is 0 Å². The molecule has 1 aromatic heterocycles. The highest BCUT2D eigenvalue weighted by atomic mass is 16.5. The van der Waals surface area contributed by atoms with Crippen molar-refractivity contribution >= 4 is 5.69 Å². The van der Waals surface area contributed by atoms with E-state index in [-0.39, 0.29) is 0 Å². The second kappa shape index (κ2) is 6.48. The van der Waals surface area contributed by atoms with Gasteiger partial charge in [-0.25, -0.2) is 0 Å². The third-order valence-corrected chi connectivity index (χ3v) is 2.56. The summed E-state index contributed by atoms with van der Waals surface area (Å²) in [5, 5.41) is 0. The van der Waals surface area contributed by atoms with Crippen molar-refractivity contribution in [1.29, 1.82) is 0 Å². The summed E-state index contributed by atoms with van der Waals surface area (Å²) < 4.78 is 5.33. The number of ether oxygens (including phenoxy) is 1. The van der Waals surface area contributed by atoms with Crippen molar-refractivity contribution in [3.63, 3.8) is 0 Å². The van der Waals surface area contributed by atoms with Gasteiger partial charge in [-0.1, -0.05) is 13.8 Å². The number of aromatic nitrogens is 1. The Morgan fingerprint density at radius 3 is 2.44 bits per heavy atom. The molecule has 16 heavy (non-hydrogen) atoms. The minimum atomic E-state index is 0.834. The van der Waals surface area contributed by atoms with E-state index in [1.807, 2.05) is 27.0 Å². The molecule has 1 aliphatic heterocycles. The van der Waals surface area contributed by atoms with Gasteiger partial charge in [-0.3, -0.25) is 4.98 Å². The van der Waals surface area contributed by atoms with Gasteiger partial charge >= 0.3 is 0 Å². The van der Waals surface area contributed by atoms with Gasteiger partial charge < -0.3 is 9.64 Å². The number of nitrogens with zero attached hydrogens (tertiary/aromatic N) is 2. The van der Waals surface area contributed by atoms with Crippen LogP contribution in [0.2, 0.25) is 0 Å². The lowest BCUT2D eigenvalue weighted by atomic mass is 10.2. The van der Waals surface area contributed by atoms with Crippen LogP contribution in [0.5, 0.6) is 0 Å². The second-order valence-corrected chi connectivity index (χ2v) is 3.71. The molecule has 0 radical (unpaired) electrons. The molecule has 1 aromatic rings. The molecular formula is C13H22N2O. The molecule has 0 aromatic carbocycles. The van der Waals surface area contributed by atoms with Crippen molar-refractivity contribution < 1.29 is 4.74 Å². The molecule has 90 valence electrons. The Hall–Kier alpha value is -1.09. The highest BCUT2D eigenvalue weighted by molar-refractivity contribution is 5.53. The van der Waals surface area contributed by atoms with E-state index in [2.05, 4.69) is 22.9 Å². The van der Waals surface area contributed by atoms with Crippen LogP contribution in [0.1, 0.15) is 25.1 Å². The van der Waals surface area contributed by atoms with Gasteiger partial charge in [0.05, 0.1) is 13.2 Å².